The molecule has 0 spiro atoms. The molecule has 3 heteroatoms. The van der Waals surface area contributed by atoms with Crippen molar-refractivity contribution in [2.45, 2.75) is 24.4 Å². The minimum atomic E-state index is 0.320. The summed E-state index contributed by atoms with van der Waals surface area (Å²) < 4.78 is 5.44. The number of hydrogen-bond donors (Lipinski definition) is 1. The molecule has 2 nitrogen and oxygen atoms in total. The van der Waals surface area contributed by atoms with Crippen molar-refractivity contribution in [1.82, 2.24) is 0 Å². The van der Waals surface area contributed by atoms with Crippen LogP contribution in [-0.4, -0.2) is 33.9 Å². The monoisotopic (exact) mass is 143 g/mol. The summed E-state index contributed by atoms with van der Waals surface area (Å²) in [6, 6.07) is 0.320. The van der Waals surface area contributed by atoms with Gasteiger partial charge >= 0.3 is 0 Å². The van der Waals surface area contributed by atoms with Crippen LogP contribution in [0.1, 0.15) is 13.3 Å². The Labute approximate surface area is 64.2 Å². The minimum absolute atomic E-state index is 0.320. The van der Waals surface area contributed by atoms with Crippen molar-refractivity contribution in [3.05, 3.63) is 0 Å². The van der Waals surface area contributed by atoms with E-state index in [-0.39, 0.29) is 0 Å². The lowest BCUT2D eigenvalue weighted by Gasteiger charge is -2.30. The minimum Gasteiger partial charge on any atom is -0.392 e. The Morgan fingerprint density at radius 3 is 2.78 bits per heavy atom. The summed E-state index contributed by atoms with van der Waals surface area (Å²) in [5.74, 6) is 0.671. The average Bonchev–Trinajstić information content (AvgIpc) is 1.80. The van der Waals surface area contributed by atoms with Crippen LogP contribution in [0.4, 0.5) is 0 Å². The van der Waals surface area contributed by atoms with E-state index in [2.05, 4.69) is 6.92 Å². The molecule has 0 aliphatic carbocycles. The van der Waals surface area contributed by atoms with Crippen molar-refractivity contribution in [3.63, 3.8) is 0 Å². The molecule has 0 bridgehead atoms. The summed E-state index contributed by atoms with van der Waals surface area (Å²) in [5.41, 5.74) is 5.78. The molecular formula is C6H14AlNO. The molecule has 9 heavy (non-hydrogen) atoms. The first kappa shape index (κ1) is 7.56. The lowest BCUT2D eigenvalue weighted by atomic mass is 10.0. The Bertz CT molecular complexity index is 99.1. The van der Waals surface area contributed by atoms with Crippen molar-refractivity contribution in [2.24, 2.45) is 11.7 Å². The predicted octanol–water partition coefficient (Wildman–Crippen LogP) is -0.671. The van der Waals surface area contributed by atoms with E-state index < -0.39 is 0 Å². The zero-order chi connectivity index (χ0) is 6.85. The van der Waals surface area contributed by atoms with Crippen molar-refractivity contribution >= 4 is 16.3 Å². The normalized spacial score (nSPS) is 44.9. The third-order valence-electron chi connectivity index (χ3n) is 1.92. The van der Waals surface area contributed by atoms with E-state index in [1.807, 2.05) is 0 Å². The lowest BCUT2D eigenvalue weighted by Crippen LogP contribution is -2.43. The van der Waals surface area contributed by atoms with Crippen LogP contribution in [0, 0.1) is 5.92 Å². The second kappa shape index (κ2) is 3.03. The van der Waals surface area contributed by atoms with E-state index in [4.69, 9.17) is 10.5 Å². The largest absolute Gasteiger partial charge is 0.392 e. The molecule has 52 valence electrons. The van der Waals surface area contributed by atoms with Crippen LogP contribution in [0.15, 0.2) is 0 Å². The SMILES string of the molecule is C[C@H]1CO[C@@H]([AlH2])[C@H](N)C1. The Morgan fingerprint density at radius 2 is 2.33 bits per heavy atom. The summed E-state index contributed by atoms with van der Waals surface area (Å²) in [6.07, 6.45) is 1.15. The third kappa shape index (κ3) is 1.94. The van der Waals surface area contributed by atoms with Gasteiger partial charge in [-0.1, -0.05) is 6.92 Å². The molecule has 0 aromatic carbocycles. The maximum atomic E-state index is 5.78. The first-order valence-corrected chi connectivity index (χ1v) is 4.73. The highest BCUT2D eigenvalue weighted by Crippen LogP contribution is 2.14. The van der Waals surface area contributed by atoms with Gasteiger partial charge in [0.1, 0.15) is 0 Å². The Hall–Kier alpha value is 0.452. The number of nitrogens with two attached hydrogens (primary N) is 1. The van der Waals surface area contributed by atoms with Crippen molar-refractivity contribution < 1.29 is 4.74 Å². The highest BCUT2D eigenvalue weighted by Gasteiger charge is 2.21. The third-order valence-corrected chi connectivity index (χ3v) is 3.11. The zero-order valence-corrected chi connectivity index (χ0v) is 8.13. The number of rotatable bonds is 0. The predicted molar refractivity (Wildman–Crippen MR) is 40.0 cm³/mol. The van der Waals surface area contributed by atoms with Crippen LogP contribution in [0.3, 0.4) is 0 Å². The summed E-state index contributed by atoms with van der Waals surface area (Å²) in [4.78, 5) is 0.404. The fourth-order valence-corrected chi connectivity index (χ4v) is 1.63. The van der Waals surface area contributed by atoms with Crippen LogP contribution in [0.25, 0.3) is 0 Å². The first-order valence-electron chi connectivity index (χ1n) is 3.57. The van der Waals surface area contributed by atoms with Crippen LogP contribution in [0.5, 0.6) is 0 Å². The van der Waals surface area contributed by atoms with Gasteiger partial charge in [0, 0.05) is 17.6 Å². The second-order valence-corrected chi connectivity index (χ2v) is 4.18. The standard InChI is InChI=1S/C6H12NO.Al.2H/c1-5-2-6(7)4-8-3-5;;;/h4-6H,2-3,7H2,1H3;;;/t5-,6-;;;/m1.../s1. The van der Waals surface area contributed by atoms with Crippen molar-refractivity contribution in [2.75, 3.05) is 6.61 Å². The highest BCUT2D eigenvalue weighted by atomic mass is 27.0. The van der Waals surface area contributed by atoms with Crippen LogP contribution in [-0.2, 0) is 4.74 Å². The van der Waals surface area contributed by atoms with Gasteiger partial charge in [-0.05, 0) is 12.3 Å². The van der Waals surface area contributed by atoms with Crippen LogP contribution in [0.2, 0.25) is 0 Å². The molecule has 1 heterocycles. The Kier molecular flexibility index (Phi) is 2.54. The maximum absolute atomic E-state index is 5.78. The van der Waals surface area contributed by atoms with Gasteiger partial charge in [0.15, 0.2) is 0 Å². The molecule has 2 N–H and O–H groups in total. The quantitative estimate of drug-likeness (QED) is 0.456. The van der Waals surface area contributed by atoms with E-state index in [0.29, 0.717) is 16.9 Å². The molecule has 1 aliphatic rings. The zero-order valence-electron chi connectivity index (χ0n) is 6.13. The fourth-order valence-electron chi connectivity index (χ4n) is 1.16. The van der Waals surface area contributed by atoms with Crippen LogP contribution < -0.4 is 5.73 Å². The number of ether oxygens (including phenoxy) is 1. The molecule has 1 fully saturated rings. The maximum Gasteiger partial charge on any atom is 0.261 e. The second-order valence-electron chi connectivity index (χ2n) is 3.04. The highest BCUT2D eigenvalue weighted by molar-refractivity contribution is 6.11. The molecule has 1 rings (SSSR count). The lowest BCUT2D eigenvalue weighted by molar-refractivity contribution is 0.0211. The average molecular weight is 143 g/mol. The smallest absolute Gasteiger partial charge is 0.261 e. The van der Waals surface area contributed by atoms with Crippen molar-refractivity contribution in [3.8, 4) is 0 Å². The van der Waals surface area contributed by atoms with Gasteiger partial charge in [0.25, 0.3) is 16.3 Å². The molecule has 0 saturated carbocycles. The Morgan fingerprint density at radius 1 is 1.67 bits per heavy atom. The van der Waals surface area contributed by atoms with E-state index in [1.54, 1.807) is 0 Å². The summed E-state index contributed by atoms with van der Waals surface area (Å²) in [7, 11) is 0. The van der Waals surface area contributed by atoms with E-state index >= 15 is 0 Å². The van der Waals surface area contributed by atoms with E-state index in [1.165, 1.54) is 0 Å². The van der Waals surface area contributed by atoms with Gasteiger partial charge < -0.3 is 10.5 Å². The van der Waals surface area contributed by atoms with Crippen molar-refractivity contribution in [1.29, 1.82) is 0 Å². The van der Waals surface area contributed by atoms with Gasteiger partial charge in [-0.3, -0.25) is 0 Å². The summed E-state index contributed by atoms with van der Waals surface area (Å²) in [6.45, 7) is 3.11. The molecule has 0 unspecified atom stereocenters. The summed E-state index contributed by atoms with van der Waals surface area (Å²) >= 11 is 1.08. The Balaban J connectivity index is 2.35. The molecule has 0 radical (unpaired) electrons. The van der Waals surface area contributed by atoms with E-state index in [9.17, 15) is 0 Å². The topological polar surface area (TPSA) is 35.2 Å². The van der Waals surface area contributed by atoms with Crippen LogP contribution >= 0.6 is 0 Å². The molecule has 1 aliphatic heterocycles. The van der Waals surface area contributed by atoms with E-state index in [0.717, 1.165) is 29.3 Å². The van der Waals surface area contributed by atoms with Gasteiger partial charge in [-0.2, -0.15) is 0 Å². The molecule has 0 aromatic rings. The van der Waals surface area contributed by atoms with Gasteiger partial charge in [0.05, 0.1) is 0 Å². The number of hydrogen-bond acceptors (Lipinski definition) is 2. The molecule has 1 saturated heterocycles. The molecule has 3 atom stereocenters. The van der Waals surface area contributed by atoms with Gasteiger partial charge in [-0.15, -0.1) is 0 Å². The summed E-state index contributed by atoms with van der Waals surface area (Å²) in [5, 5.41) is 0. The molecule has 0 amide bonds. The molecular weight excluding hydrogens is 129 g/mol. The van der Waals surface area contributed by atoms with Gasteiger partial charge in [-0.25, -0.2) is 0 Å². The fraction of sp³-hybridized carbons (Fsp3) is 1.00. The molecule has 0 aromatic heterocycles. The first-order chi connectivity index (χ1) is 4.20. The van der Waals surface area contributed by atoms with Gasteiger partial charge in [0.2, 0.25) is 0 Å².